The van der Waals surface area contributed by atoms with Crippen LogP contribution in [-0.2, 0) is 9.53 Å². The largest absolute Gasteiger partial charge is 0.466 e. The fourth-order valence-electron chi connectivity index (χ4n) is 2.02. The van der Waals surface area contributed by atoms with E-state index in [0.717, 1.165) is 0 Å². The smallest absolute Gasteiger partial charge is 0.415 e. The highest BCUT2D eigenvalue weighted by Crippen LogP contribution is 2.23. The molecule has 0 aromatic carbocycles. The van der Waals surface area contributed by atoms with Gasteiger partial charge in [-0.1, -0.05) is 0 Å². The summed E-state index contributed by atoms with van der Waals surface area (Å²) in [5.74, 6) is -0.761. The lowest BCUT2D eigenvalue weighted by molar-refractivity contribution is -0.209. The molecule has 7 heteroatoms. The van der Waals surface area contributed by atoms with Gasteiger partial charge in [-0.05, 0) is 26.3 Å². The van der Waals surface area contributed by atoms with Crippen LogP contribution in [0.1, 0.15) is 19.8 Å². The molecule has 18 heavy (non-hydrogen) atoms. The van der Waals surface area contributed by atoms with E-state index in [0.29, 0.717) is 19.4 Å². The molecule has 0 saturated carbocycles. The summed E-state index contributed by atoms with van der Waals surface area (Å²) in [6.07, 6.45) is -5.72. The second-order valence-electron chi connectivity index (χ2n) is 4.41. The Hall–Kier alpha value is -0.820. The van der Waals surface area contributed by atoms with E-state index in [-0.39, 0.29) is 25.0 Å². The standard InChI is InChI=1S/C11H18F3NO3/c1-2-18-10(17)8-4-3-5-15(6-8)7-9(16)11(12,13)14/h8-9,16H,2-7H2,1H3/t8-,9?/m1/s1. The highest BCUT2D eigenvalue weighted by molar-refractivity contribution is 5.72. The van der Waals surface area contributed by atoms with Crippen molar-refractivity contribution in [3.8, 4) is 0 Å². The molecule has 1 rings (SSSR count). The molecular weight excluding hydrogens is 251 g/mol. The van der Waals surface area contributed by atoms with Gasteiger partial charge in [0.1, 0.15) is 0 Å². The van der Waals surface area contributed by atoms with Gasteiger partial charge in [-0.15, -0.1) is 0 Å². The van der Waals surface area contributed by atoms with Gasteiger partial charge >= 0.3 is 12.1 Å². The second-order valence-corrected chi connectivity index (χ2v) is 4.41. The van der Waals surface area contributed by atoms with Gasteiger partial charge in [0.15, 0.2) is 6.10 Å². The summed E-state index contributed by atoms with van der Waals surface area (Å²) in [6.45, 7) is 2.14. The molecule has 1 heterocycles. The van der Waals surface area contributed by atoms with Crippen molar-refractivity contribution in [2.75, 3.05) is 26.2 Å². The number of carbonyl (C=O) groups is 1. The molecule has 1 saturated heterocycles. The monoisotopic (exact) mass is 269 g/mol. The summed E-state index contributed by atoms with van der Waals surface area (Å²) < 4.78 is 41.5. The zero-order chi connectivity index (χ0) is 13.8. The molecule has 0 spiro atoms. The van der Waals surface area contributed by atoms with E-state index in [2.05, 4.69) is 0 Å². The molecule has 0 aromatic rings. The molecule has 0 amide bonds. The highest BCUT2D eigenvalue weighted by Gasteiger charge is 2.40. The number of halogens is 3. The molecule has 1 N–H and O–H groups in total. The Kier molecular flexibility index (Phi) is 5.40. The van der Waals surface area contributed by atoms with Crippen molar-refractivity contribution in [3.63, 3.8) is 0 Å². The first-order chi connectivity index (χ1) is 8.34. The number of hydrogen-bond acceptors (Lipinski definition) is 4. The Morgan fingerprint density at radius 3 is 2.78 bits per heavy atom. The lowest BCUT2D eigenvalue weighted by Gasteiger charge is -2.33. The fraction of sp³-hybridized carbons (Fsp3) is 0.909. The topological polar surface area (TPSA) is 49.8 Å². The van der Waals surface area contributed by atoms with Crippen molar-refractivity contribution < 1.29 is 27.8 Å². The van der Waals surface area contributed by atoms with Crippen LogP contribution in [0.15, 0.2) is 0 Å². The maximum Gasteiger partial charge on any atom is 0.415 e. The Morgan fingerprint density at radius 1 is 1.56 bits per heavy atom. The molecule has 4 nitrogen and oxygen atoms in total. The average Bonchev–Trinajstić information content (AvgIpc) is 2.28. The van der Waals surface area contributed by atoms with E-state index in [4.69, 9.17) is 9.84 Å². The summed E-state index contributed by atoms with van der Waals surface area (Å²) in [7, 11) is 0. The van der Waals surface area contributed by atoms with E-state index in [1.165, 1.54) is 4.90 Å². The number of ether oxygens (including phenoxy) is 1. The molecule has 1 fully saturated rings. The first-order valence-electron chi connectivity index (χ1n) is 5.98. The van der Waals surface area contributed by atoms with E-state index in [1.807, 2.05) is 0 Å². The minimum Gasteiger partial charge on any atom is -0.466 e. The summed E-state index contributed by atoms with van der Waals surface area (Å²) in [4.78, 5) is 13.0. The molecule has 0 aliphatic carbocycles. The maximum absolute atomic E-state index is 12.2. The molecule has 1 aliphatic rings. The minimum atomic E-state index is -4.61. The Labute approximate surface area is 104 Å². The van der Waals surface area contributed by atoms with Gasteiger partial charge in [-0.25, -0.2) is 0 Å². The number of aliphatic hydroxyl groups is 1. The van der Waals surface area contributed by atoms with Gasteiger partial charge in [0.2, 0.25) is 0 Å². The van der Waals surface area contributed by atoms with Crippen LogP contribution in [0, 0.1) is 5.92 Å². The van der Waals surface area contributed by atoms with Crippen LogP contribution in [0.4, 0.5) is 13.2 Å². The number of esters is 1. The number of aliphatic hydroxyl groups excluding tert-OH is 1. The number of likely N-dealkylation sites (tertiary alicyclic amines) is 1. The van der Waals surface area contributed by atoms with Crippen molar-refractivity contribution in [1.29, 1.82) is 0 Å². The molecule has 0 radical (unpaired) electrons. The third-order valence-corrected chi connectivity index (χ3v) is 2.93. The number of hydrogen-bond donors (Lipinski definition) is 1. The third kappa shape index (κ3) is 4.45. The Bertz CT molecular complexity index is 283. The molecule has 0 bridgehead atoms. The van der Waals surface area contributed by atoms with E-state index >= 15 is 0 Å². The summed E-state index contributed by atoms with van der Waals surface area (Å²) in [5.41, 5.74) is 0. The summed E-state index contributed by atoms with van der Waals surface area (Å²) >= 11 is 0. The zero-order valence-corrected chi connectivity index (χ0v) is 10.2. The molecule has 1 unspecified atom stereocenters. The van der Waals surface area contributed by atoms with Gasteiger partial charge in [0, 0.05) is 13.1 Å². The van der Waals surface area contributed by atoms with Crippen molar-refractivity contribution >= 4 is 5.97 Å². The van der Waals surface area contributed by atoms with E-state index < -0.39 is 18.8 Å². The maximum atomic E-state index is 12.2. The lowest BCUT2D eigenvalue weighted by Crippen LogP contribution is -2.46. The number of β-amino-alcohol motifs (C(OH)–C–C–N with tert-alkyl or cyclic N) is 1. The average molecular weight is 269 g/mol. The summed E-state index contributed by atoms with van der Waals surface area (Å²) in [5, 5.41) is 8.98. The predicted octanol–water partition coefficient (Wildman–Crippen LogP) is 1.18. The van der Waals surface area contributed by atoms with Crippen LogP contribution < -0.4 is 0 Å². The second kappa shape index (κ2) is 6.38. The van der Waals surface area contributed by atoms with Crippen molar-refractivity contribution in [2.24, 2.45) is 5.92 Å². The van der Waals surface area contributed by atoms with Gasteiger partial charge in [-0.3, -0.25) is 9.69 Å². The molecule has 1 aliphatic heterocycles. The fourth-order valence-corrected chi connectivity index (χ4v) is 2.02. The first kappa shape index (κ1) is 15.2. The van der Waals surface area contributed by atoms with Crippen molar-refractivity contribution in [3.05, 3.63) is 0 Å². The quantitative estimate of drug-likeness (QED) is 0.779. The Balaban J connectivity index is 2.46. The molecular formula is C11H18F3NO3. The lowest BCUT2D eigenvalue weighted by atomic mass is 9.98. The van der Waals surface area contributed by atoms with Crippen molar-refractivity contribution in [1.82, 2.24) is 4.90 Å². The van der Waals surface area contributed by atoms with Gasteiger partial charge < -0.3 is 9.84 Å². The van der Waals surface area contributed by atoms with Gasteiger partial charge in [-0.2, -0.15) is 13.2 Å². The number of carbonyl (C=O) groups excluding carboxylic acids is 1. The normalized spacial score (nSPS) is 23.7. The molecule has 0 aromatic heterocycles. The first-order valence-corrected chi connectivity index (χ1v) is 5.98. The predicted molar refractivity (Wildman–Crippen MR) is 57.9 cm³/mol. The van der Waals surface area contributed by atoms with Gasteiger partial charge in [0.05, 0.1) is 12.5 Å². The van der Waals surface area contributed by atoms with E-state index in [1.54, 1.807) is 6.92 Å². The zero-order valence-electron chi connectivity index (χ0n) is 10.2. The SMILES string of the molecule is CCOC(=O)[C@@H]1CCCN(CC(O)C(F)(F)F)C1. The number of piperidine rings is 1. The number of alkyl halides is 3. The van der Waals surface area contributed by atoms with Gasteiger partial charge in [0.25, 0.3) is 0 Å². The number of rotatable bonds is 4. The van der Waals surface area contributed by atoms with Crippen LogP contribution in [0.2, 0.25) is 0 Å². The minimum absolute atomic E-state index is 0.214. The van der Waals surface area contributed by atoms with Crippen LogP contribution in [0.3, 0.4) is 0 Å². The summed E-state index contributed by atoms with van der Waals surface area (Å²) in [6, 6.07) is 0. The van der Waals surface area contributed by atoms with E-state index in [9.17, 15) is 18.0 Å². The van der Waals surface area contributed by atoms with Crippen LogP contribution in [0.5, 0.6) is 0 Å². The third-order valence-electron chi connectivity index (χ3n) is 2.93. The highest BCUT2D eigenvalue weighted by atomic mass is 19.4. The Morgan fingerprint density at radius 2 is 2.22 bits per heavy atom. The van der Waals surface area contributed by atoms with Crippen LogP contribution >= 0.6 is 0 Å². The van der Waals surface area contributed by atoms with Crippen molar-refractivity contribution in [2.45, 2.75) is 32.0 Å². The van der Waals surface area contributed by atoms with Crippen LogP contribution in [-0.4, -0.2) is 54.5 Å². The number of nitrogens with zero attached hydrogens (tertiary/aromatic N) is 1. The molecule has 2 atom stereocenters. The van der Waals surface area contributed by atoms with Crippen LogP contribution in [0.25, 0.3) is 0 Å². The molecule has 106 valence electrons.